The zero-order valence-corrected chi connectivity index (χ0v) is 9.59. The maximum atomic E-state index is 11.6. The molecule has 8 nitrogen and oxygen atoms in total. The average molecular weight is 240 g/mol. The van der Waals surface area contributed by atoms with Gasteiger partial charge in [-0.25, -0.2) is 0 Å². The van der Waals surface area contributed by atoms with Crippen LogP contribution in [0.15, 0.2) is 6.20 Å². The van der Waals surface area contributed by atoms with Crippen LogP contribution in [0.4, 0.5) is 0 Å². The molecule has 0 bridgehead atoms. The minimum atomic E-state index is -0.468. The molecule has 0 aliphatic heterocycles. The van der Waals surface area contributed by atoms with Crippen molar-refractivity contribution in [1.82, 2.24) is 20.3 Å². The number of hydrogen-bond acceptors (Lipinski definition) is 5. The van der Waals surface area contributed by atoms with E-state index in [0.29, 0.717) is 13.1 Å². The van der Waals surface area contributed by atoms with Gasteiger partial charge >= 0.3 is 0 Å². The zero-order valence-electron chi connectivity index (χ0n) is 9.59. The summed E-state index contributed by atoms with van der Waals surface area (Å²) in [6.45, 7) is 2.60. The number of nitrogens with zero attached hydrogens (tertiary/aromatic N) is 3. The van der Waals surface area contributed by atoms with Crippen LogP contribution in [0, 0.1) is 0 Å². The van der Waals surface area contributed by atoms with E-state index < -0.39 is 5.91 Å². The van der Waals surface area contributed by atoms with E-state index in [2.05, 4.69) is 15.6 Å². The van der Waals surface area contributed by atoms with Gasteiger partial charge in [-0.05, 0) is 6.92 Å². The Bertz CT molecular complexity index is 402. The third-order valence-corrected chi connectivity index (χ3v) is 2.01. The van der Waals surface area contributed by atoms with Crippen molar-refractivity contribution in [3.05, 3.63) is 11.9 Å². The number of nitrogens with two attached hydrogens (primary N) is 2. The number of rotatable bonds is 6. The number of hydrogen-bond donors (Lipinski definition) is 3. The Hall–Kier alpha value is -1.96. The number of aromatic nitrogens is 3. The fraction of sp³-hybridized carbons (Fsp3) is 0.556. The monoisotopic (exact) mass is 240 g/mol. The Balaban J connectivity index is 2.54. The van der Waals surface area contributed by atoms with Gasteiger partial charge in [0, 0.05) is 19.0 Å². The van der Waals surface area contributed by atoms with Crippen LogP contribution in [0.3, 0.4) is 0 Å². The lowest BCUT2D eigenvalue weighted by Gasteiger charge is -2.09. The van der Waals surface area contributed by atoms with Gasteiger partial charge in [0.2, 0.25) is 5.91 Å². The summed E-state index contributed by atoms with van der Waals surface area (Å²) in [7, 11) is 0. The first-order valence-corrected chi connectivity index (χ1v) is 5.22. The number of amides is 2. The topological polar surface area (TPSA) is 129 Å². The highest BCUT2D eigenvalue weighted by molar-refractivity contribution is 5.92. The predicted octanol–water partition coefficient (Wildman–Crippen LogP) is -1.77. The van der Waals surface area contributed by atoms with E-state index >= 15 is 0 Å². The maximum Gasteiger partial charge on any atom is 0.273 e. The molecule has 0 saturated carbocycles. The molecule has 1 atom stereocenters. The second kappa shape index (κ2) is 5.94. The molecular weight excluding hydrogens is 224 g/mol. The lowest BCUT2D eigenvalue weighted by atomic mass is 10.2. The molecule has 8 heteroatoms. The van der Waals surface area contributed by atoms with Crippen molar-refractivity contribution >= 4 is 11.8 Å². The van der Waals surface area contributed by atoms with Gasteiger partial charge in [-0.15, -0.1) is 5.10 Å². The van der Waals surface area contributed by atoms with Crippen LogP contribution in [0.5, 0.6) is 0 Å². The number of primary amides is 1. The van der Waals surface area contributed by atoms with E-state index in [1.165, 1.54) is 10.9 Å². The van der Waals surface area contributed by atoms with Gasteiger partial charge in [0.1, 0.15) is 0 Å². The van der Waals surface area contributed by atoms with Crippen LogP contribution in [0.2, 0.25) is 0 Å². The Morgan fingerprint density at radius 1 is 1.59 bits per heavy atom. The fourth-order valence-electron chi connectivity index (χ4n) is 1.29. The summed E-state index contributed by atoms with van der Waals surface area (Å²) in [5, 5.41) is 10.0. The normalized spacial score (nSPS) is 12.1. The second-order valence-electron chi connectivity index (χ2n) is 3.70. The van der Waals surface area contributed by atoms with E-state index in [-0.39, 0.29) is 24.1 Å². The molecule has 94 valence electrons. The van der Waals surface area contributed by atoms with Gasteiger partial charge in [-0.1, -0.05) is 5.21 Å². The van der Waals surface area contributed by atoms with E-state index in [4.69, 9.17) is 11.5 Å². The SMILES string of the molecule is CC(CC(N)=O)NC(=O)c1cn(CCN)nn1. The van der Waals surface area contributed by atoms with Crippen LogP contribution in [-0.4, -0.2) is 39.4 Å². The Morgan fingerprint density at radius 3 is 2.88 bits per heavy atom. The summed E-state index contributed by atoms with van der Waals surface area (Å²) in [6.07, 6.45) is 1.59. The summed E-state index contributed by atoms with van der Waals surface area (Å²) in [6, 6.07) is -0.334. The van der Waals surface area contributed by atoms with Crippen LogP contribution < -0.4 is 16.8 Å². The fourth-order valence-corrected chi connectivity index (χ4v) is 1.29. The van der Waals surface area contributed by atoms with Crippen molar-refractivity contribution in [2.75, 3.05) is 6.54 Å². The molecule has 5 N–H and O–H groups in total. The number of carbonyl (C=O) groups excluding carboxylic acids is 2. The zero-order chi connectivity index (χ0) is 12.8. The van der Waals surface area contributed by atoms with Gasteiger partial charge < -0.3 is 16.8 Å². The van der Waals surface area contributed by atoms with Gasteiger partial charge in [0.05, 0.1) is 12.7 Å². The maximum absolute atomic E-state index is 11.6. The largest absolute Gasteiger partial charge is 0.370 e. The summed E-state index contributed by atoms with van der Waals surface area (Å²) in [4.78, 5) is 22.3. The molecule has 0 fully saturated rings. The third kappa shape index (κ3) is 4.19. The van der Waals surface area contributed by atoms with Crippen molar-refractivity contribution in [2.24, 2.45) is 11.5 Å². The van der Waals surface area contributed by atoms with Crippen molar-refractivity contribution in [1.29, 1.82) is 0 Å². The molecule has 1 aromatic rings. The summed E-state index contributed by atoms with van der Waals surface area (Å²) in [5.74, 6) is -0.855. The van der Waals surface area contributed by atoms with Crippen molar-refractivity contribution in [2.45, 2.75) is 25.9 Å². The highest BCUT2D eigenvalue weighted by Gasteiger charge is 2.14. The van der Waals surface area contributed by atoms with Gasteiger partial charge in [0.15, 0.2) is 5.69 Å². The highest BCUT2D eigenvalue weighted by Crippen LogP contribution is 1.96. The van der Waals surface area contributed by atoms with Crippen LogP contribution in [0.25, 0.3) is 0 Å². The predicted molar refractivity (Wildman–Crippen MR) is 59.8 cm³/mol. The summed E-state index contributed by atoms with van der Waals surface area (Å²) >= 11 is 0. The van der Waals surface area contributed by atoms with Gasteiger partial charge in [0.25, 0.3) is 5.91 Å². The average Bonchev–Trinajstić information content (AvgIpc) is 2.65. The number of nitrogens with one attached hydrogen (secondary N) is 1. The molecule has 0 aliphatic carbocycles. The van der Waals surface area contributed by atoms with E-state index in [1.807, 2.05) is 0 Å². The first-order chi connectivity index (χ1) is 8.02. The van der Waals surface area contributed by atoms with Gasteiger partial charge in [-0.2, -0.15) is 0 Å². The smallest absolute Gasteiger partial charge is 0.273 e. The minimum Gasteiger partial charge on any atom is -0.370 e. The second-order valence-corrected chi connectivity index (χ2v) is 3.70. The molecule has 1 rings (SSSR count). The summed E-state index contributed by atoms with van der Waals surface area (Å²) in [5.41, 5.74) is 10.5. The molecule has 17 heavy (non-hydrogen) atoms. The minimum absolute atomic E-state index is 0.0860. The molecule has 1 unspecified atom stereocenters. The van der Waals surface area contributed by atoms with Crippen LogP contribution in [-0.2, 0) is 11.3 Å². The van der Waals surface area contributed by atoms with E-state index in [9.17, 15) is 9.59 Å². The molecule has 0 spiro atoms. The van der Waals surface area contributed by atoms with E-state index in [1.54, 1.807) is 6.92 Å². The van der Waals surface area contributed by atoms with Crippen molar-refractivity contribution in [3.63, 3.8) is 0 Å². The molecule has 1 heterocycles. The molecule has 2 amide bonds. The number of carbonyl (C=O) groups is 2. The lowest BCUT2D eigenvalue weighted by molar-refractivity contribution is -0.118. The highest BCUT2D eigenvalue weighted by atomic mass is 16.2. The van der Waals surface area contributed by atoms with Crippen LogP contribution >= 0.6 is 0 Å². The Morgan fingerprint density at radius 2 is 2.29 bits per heavy atom. The molecule has 0 aliphatic rings. The Kier molecular flexibility index (Phi) is 4.58. The van der Waals surface area contributed by atoms with Crippen molar-refractivity contribution < 1.29 is 9.59 Å². The molecule has 0 aromatic carbocycles. The third-order valence-electron chi connectivity index (χ3n) is 2.01. The van der Waals surface area contributed by atoms with Crippen molar-refractivity contribution in [3.8, 4) is 0 Å². The van der Waals surface area contributed by atoms with E-state index in [0.717, 1.165) is 0 Å². The standard InChI is InChI=1S/C9H16N6O2/c1-6(4-8(11)16)12-9(17)7-5-15(3-2-10)14-13-7/h5-6H,2-4,10H2,1H3,(H2,11,16)(H,12,17). The summed E-state index contributed by atoms with van der Waals surface area (Å²) < 4.78 is 1.48. The molecule has 0 radical (unpaired) electrons. The van der Waals surface area contributed by atoms with Crippen LogP contribution in [0.1, 0.15) is 23.8 Å². The first kappa shape index (κ1) is 13.1. The lowest BCUT2D eigenvalue weighted by Crippen LogP contribution is -2.35. The molecule has 0 saturated heterocycles. The quantitative estimate of drug-likeness (QED) is 0.542. The van der Waals surface area contributed by atoms with Gasteiger partial charge in [-0.3, -0.25) is 14.3 Å². The molecular formula is C9H16N6O2. The molecule has 1 aromatic heterocycles. The first-order valence-electron chi connectivity index (χ1n) is 5.22. The Labute approximate surface area is 98.3 Å².